The molecule has 2 heterocycles. The summed E-state index contributed by atoms with van der Waals surface area (Å²) in [5.74, 6) is 0.105. The smallest absolute Gasteiger partial charge is 0.219 e. The predicted molar refractivity (Wildman–Crippen MR) is 53.0 cm³/mol. The normalized spacial score (nSPS) is 15.5. The third-order valence-corrected chi connectivity index (χ3v) is 2.98. The van der Waals surface area contributed by atoms with E-state index in [2.05, 4.69) is 4.98 Å². The number of carbonyl (C=O) groups is 1. The van der Waals surface area contributed by atoms with Gasteiger partial charge in [0.05, 0.1) is 17.9 Å². The van der Waals surface area contributed by atoms with Crippen LogP contribution < -0.4 is 0 Å². The molecule has 0 atom stereocenters. The van der Waals surface area contributed by atoms with Crippen molar-refractivity contribution in [1.82, 2.24) is 14.5 Å². The van der Waals surface area contributed by atoms with Crippen LogP contribution in [0.1, 0.15) is 18.3 Å². The molecule has 4 nitrogen and oxygen atoms in total. The van der Waals surface area contributed by atoms with E-state index in [0.717, 1.165) is 24.4 Å². The molecule has 1 aromatic rings. The lowest BCUT2D eigenvalue weighted by Gasteiger charge is -2.25. The van der Waals surface area contributed by atoms with E-state index in [4.69, 9.17) is 11.6 Å². The van der Waals surface area contributed by atoms with Gasteiger partial charge in [-0.1, -0.05) is 0 Å². The number of nitrogens with zero attached hydrogens (tertiary/aromatic N) is 3. The molecule has 1 aliphatic heterocycles. The van der Waals surface area contributed by atoms with Crippen molar-refractivity contribution in [2.24, 2.45) is 7.05 Å². The summed E-state index contributed by atoms with van der Waals surface area (Å²) in [5, 5.41) is 0.500. The second kappa shape index (κ2) is 3.28. The molecule has 1 aromatic heterocycles. The molecule has 0 radical (unpaired) electrons. The zero-order valence-corrected chi connectivity index (χ0v) is 9.01. The number of rotatable bonds is 0. The predicted octanol–water partition coefficient (Wildman–Crippen LogP) is 0.978. The standard InChI is InChI=1S/C9H12ClN3O/c1-6(14)13-4-3-7-8(5-13)12(2)9(10)11-7/h3-5H2,1-2H3. The van der Waals surface area contributed by atoms with Crippen molar-refractivity contribution in [2.75, 3.05) is 6.54 Å². The van der Waals surface area contributed by atoms with Crippen molar-refractivity contribution in [2.45, 2.75) is 19.9 Å². The Bertz CT molecular complexity index is 386. The summed E-state index contributed by atoms with van der Waals surface area (Å²) in [7, 11) is 1.87. The highest BCUT2D eigenvalue weighted by Gasteiger charge is 2.23. The number of hydrogen-bond acceptors (Lipinski definition) is 2. The van der Waals surface area contributed by atoms with Gasteiger partial charge in [-0.3, -0.25) is 4.79 Å². The van der Waals surface area contributed by atoms with Crippen molar-refractivity contribution in [3.05, 3.63) is 16.7 Å². The molecule has 0 aromatic carbocycles. The fourth-order valence-corrected chi connectivity index (χ4v) is 1.93. The molecule has 0 fully saturated rings. The Balaban J connectivity index is 2.33. The molecule has 0 aliphatic carbocycles. The molecule has 1 aliphatic rings. The maximum absolute atomic E-state index is 11.2. The first-order valence-corrected chi connectivity index (χ1v) is 4.93. The molecule has 0 saturated heterocycles. The lowest BCUT2D eigenvalue weighted by Crippen LogP contribution is -2.34. The lowest BCUT2D eigenvalue weighted by molar-refractivity contribution is -0.129. The largest absolute Gasteiger partial charge is 0.337 e. The Kier molecular flexibility index (Phi) is 2.23. The molecular weight excluding hydrogens is 202 g/mol. The van der Waals surface area contributed by atoms with Crippen LogP contribution in [0.2, 0.25) is 5.28 Å². The molecule has 14 heavy (non-hydrogen) atoms. The van der Waals surface area contributed by atoms with Crippen LogP contribution >= 0.6 is 11.6 Å². The number of halogens is 1. The van der Waals surface area contributed by atoms with Crippen LogP contribution in [0.3, 0.4) is 0 Å². The van der Waals surface area contributed by atoms with Crippen LogP contribution in [0.25, 0.3) is 0 Å². The fraction of sp³-hybridized carbons (Fsp3) is 0.556. The Labute approximate surface area is 87.5 Å². The topological polar surface area (TPSA) is 38.1 Å². The zero-order valence-electron chi connectivity index (χ0n) is 8.25. The molecule has 0 bridgehead atoms. The highest BCUT2D eigenvalue weighted by atomic mass is 35.5. The van der Waals surface area contributed by atoms with Crippen LogP contribution in [0.5, 0.6) is 0 Å². The van der Waals surface area contributed by atoms with Gasteiger partial charge in [-0.05, 0) is 11.6 Å². The van der Waals surface area contributed by atoms with E-state index in [-0.39, 0.29) is 5.91 Å². The number of fused-ring (bicyclic) bond motifs is 1. The summed E-state index contributed by atoms with van der Waals surface area (Å²) in [4.78, 5) is 17.2. The van der Waals surface area contributed by atoms with Crippen LogP contribution in [-0.2, 0) is 24.8 Å². The highest BCUT2D eigenvalue weighted by Crippen LogP contribution is 2.21. The molecular formula is C9H12ClN3O. The summed E-state index contributed by atoms with van der Waals surface area (Å²) >= 11 is 5.90. The lowest BCUT2D eigenvalue weighted by atomic mass is 10.1. The molecule has 5 heteroatoms. The molecule has 0 unspecified atom stereocenters. The van der Waals surface area contributed by atoms with Gasteiger partial charge in [0.25, 0.3) is 0 Å². The first-order chi connectivity index (χ1) is 6.59. The van der Waals surface area contributed by atoms with E-state index in [9.17, 15) is 4.79 Å². The SMILES string of the molecule is CC(=O)N1CCc2nc(Cl)n(C)c2C1. The summed E-state index contributed by atoms with van der Waals surface area (Å²) in [6.07, 6.45) is 0.801. The number of aromatic nitrogens is 2. The zero-order chi connectivity index (χ0) is 10.3. The molecule has 76 valence electrons. The van der Waals surface area contributed by atoms with Gasteiger partial charge in [-0.2, -0.15) is 0 Å². The molecule has 1 amide bonds. The van der Waals surface area contributed by atoms with Crippen molar-refractivity contribution in [1.29, 1.82) is 0 Å². The molecule has 0 N–H and O–H groups in total. The highest BCUT2D eigenvalue weighted by molar-refractivity contribution is 6.28. The van der Waals surface area contributed by atoms with Crippen molar-refractivity contribution in [3.63, 3.8) is 0 Å². The third kappa shape index (κ3) is 1.39. The van der Waals surface area contributed by atoms with Gasteiger partial charge in [-0.25, -0.2) is 4.98 Å². The van der Waals surface area contributed by atoms with Crippen LogP contribution in [-0.4, -0.2) is 26.9 Å². The van der Waals surface area contributed by atoms with E-state index in [0.29, 0.717) is 11.8 Å². The van der Waals surface area contributed by atoms with Crippen molar-refractivity contribution >= 4 is 17.5 Å². The monoisotopic (exact) mass is 213 g/mol. The first-order valence-electron chi connectivity index (χ1n) is 4.55. The van der Waals surface area contributed by atoms with Gasteiger partial charge in [0.1, 0.15) is 0 Å². The summed E-state index contributed by atoms with van der Waals surface area (Å²) in [6, 6.07) is 0. The maximum atomic E-state index is 11.2. The first kappa shape index (κ1) is 9.52. The number of hydrogen-bond donors (Lipinski definition) is 0. The molecule has 0 saturated carbocycles. The molecule has 0 spiro atoms. The Morgan fingerprint density at radius 2 is 2.29 bits per heavy atom. The second-order valence-electron chi connectivity index (χ2n) is 3.52. The van der Waals surface area contributed by atoms with E-state index in [1.165, 1.54) is 0 Å². The van der Waals surface area contributed by atoms with Gasteiger partial charge >= 0.3 is 0 Å². The van der Waals surface area contributed by atoms with Crippen LogP contribution in [0, 0.1) is 0 Å². The van der Waals surface area contributed by atoms with E-state index < -0.39 is 0 Å². The fourth-order valence-electron chi connectivity index (χ4n) is 1.72. The quantitative estimate of drug-likeness (QED) is 0.645. The van der Waals surface area contributed by atoms with E-state index >= 15 is 0 Å². The average molecular weight is 214 g/mol. The van der Waals surface area contributed by atoms with E-state index in [1.54, 1.807) is 11.8 Å². The van der Waals surface area contributed by atoms with E-state index in [1.807, 2.05) is 11.6 Å². The minimum Gasteiger partial charge on any atom is -0.337 e. The number of carbonyl (C=O) groups excluding carboxylic acids is 1. The minimum atomic E-state index is 0.105. The van der Waals surface area contributed by atoms with Crippen LogP contribution in [0.15, 0.2) is 0 Å². The number of imidazole rings is 1. The van der Waals surface area contributed by atoms with Crippen LogP contribution in [0.4, 0.5) is 0 Å². The number of amides is 1. The summed E-state index contributed by atoms with van der Waals surface area (Å²) in [6.45, 7) is 2.96. The summed E-state index contributed by atoms with van der Waals surface area (Å²) in [5.41, 5.74) is 2.08. The second-order valence-corrected chi connectivity index (χ2v) is 3.86. The van der Waals surface area contributed by atoms with Gasteiger partial charge in [0.15, 0.2) is 0 Å². The van der Waals surface area contributed by atoms with Gasteiger partial charge < -0.3 is 9.47 Å². The minimum absolute atomic E-state index is 0.105. The maximum Gasteiger partial charge on any atom is 0.219 e. The molecule has 2 rings (SSSR count). The van der Waals surface area contributed by atoms with Gasteiger partial charge in [0, 0.05) is 26.9 Å². The summed E-state index contributed by atoms with van der Waals surface area (Å²) < 4.78 is 1.84. The van der Waals surface area contributed by atoms with Gasteiger partial charge in [-0.15, -0.1) is 0 Å². The van der Waals surface area contributed by atoms with Crippen molar-refractivity contribution < 1.29 is 4.79 Å². The average Bonchev–Trinajstić information content (AvgIpc) is 2.43. The third-order valence-electron chi connectivity index (χ3n) is 2.65. The Morgan fingerprint density at radius 3 is 2.93 bits per heavy atom. The Hall–Kier alpha value is -1.03. The Morgan fingerprint density at radius 1 is 1.57 bits per heavy atom. The van der Waals surface area contributed by atoms with Gasteiger partial charge in [0.2, 0.25) is 11.2 Å². The van der Waals surface area contributed by atoms with Crippen molar-refractivity contribution in [3.8, 4) is 0 Å².